The average molecular weight is 198 g/mol. The van der Waals surface area contributed by atoms with E-state index in [9.17, 15) is 4.79 Å². The minimum absolute atomic E-state index is 0.0600. The maximum atomic E-state index is 11.1. The van der Waals surface area contributed by atoms with Crippen molar-refractivity contribution in [1.82, 2.24) is 0 Å². The molecule has 0 spiro atoms. The molecule has 0 aliphatic rings. The average Bonchev–Trinajstić information content (AvgIpc) is 2.12. The third-order valence-corrected chi connectivity index (χ3v) is 1.95. The van der Waals surface area contributed by atoms with Crippen molar-refractivity contribution < 1.29 is 9.53 Å². The zero-order valence-electron chi connectivity index (χ0n) is 9.58. The van der Waals surface area contributed by atoms with Crippen LogP contribution in [-0.4, -0.2) is 12.6 Å². The fourth-order valence-corrected chi connectivity index (χ4v) is 1.01. The van der Waals surface area contributed by atoms with E-state index in [1.54, 1.807) is 0 Å². The lowest BCUT2D eigenvalue weighted by Gasteiger charge is -2.05. The number of esters is 1. The molecule has 2 nitrogen and oxygen atoms in total. The third-order valence-electron chi connectivity index (χ3n) is 1.95. The zero-order valence-corrected chi connectivity index (χ0v) is 9.58. The SMILES string of the molecule is CC=CCCCC(=O)OCCC(C)C. The van der Waals surface area contributed by atoms with Crippen molar-refractivity contribution in [2.75, 3.05) is 6.61 Å². The van der Waals surface area contributed by atoms with Crippen LogP contribution in [0.1, 0.15) is 46.5 Å². The van der Waals surface area contributed by atoms with E-state index >= 15 is 0 Å². The van der Waals surface area contributed by atoms with E-state index in [1.165, 1.54) is 0 Å². The van der Waals surface area contributed by atoms with Crippen molar-refractivity contribution in [3.05, 3.63) is 12.2 Å². The van der Waals surface area contributed by atoms with Gasteiger partial charge in [-0.1, -0.05) is 26.0 Å². The Labute approximate surface area is 87.3 Å². The van der Waals surface area contributed by atoms with Gasteiger partial charge in [0, 0.05) is 6.42 Å². The van der Waals surface area contributed by atoms with E-state index in [4.69, 9.17) is 4.74 Å². The Morgan fingerprint density at radius 3 is 2.71 bits per heavy atom. The highest BCUT2D eigenvalue weighted by molar-refractivity contribution is 5.69. The molecule has 0 aliphatic heterocycles. The summed E-state index contributed by atoms with van der Waals surface area (Å²) < 4.78 is 5.07. The Morgan fingerprint density at radius 1 is 1.43 bits per heavy atom. The van der Waals surface area contributed by atoms with E-state index in [1.807, 2.05) is 13.0 Å². The normalized spacial score (nSPS) is 11.1. The number of hydrogen-bond acceptors (Lipinski definition) is 2. The van der Waals surface area contributed by atoms with Crippen LogP contribution in [0.25, 0.3) is 0 Å². The van der Waals surface area contributed by atoms with Crippen LogP contribution in [0.3, 0.4) is 0 Å². The standard InChI is InChI=1S/C12H22O2/c1-4-5-6-7-8-12(13)14-10-9-11(2)3/h4-5,11H,6-10H2,1-3H3. The number of ether oxygens (including phenoxy) is 1. The molecular formula is C12H22O2. The summed E-state index contributed by atoms with van der Waals surface area (Å²) in [6.07, 6.45) is 7.44. The van der Waals surface area contributed by atoms with Gasteiger partial charge in [0.1, 0.15) is 0 Å². The minimum Gasteiger partial charge on any atom is -0.466 e. The van der Waals surface area contributed by atoms with Crippen LogP contribution in [0, 0.1) is 5.92 Å². The second-order valence-corrected chi connectivity index (χ2v) is 3.86. The summed E-state index contributed by atoms with van der Waals surface area (Å²) >= 11 is 0. The van der Waals surface area contributed by atoms with Gasteiger partial charge in [-0.2, -0.15) is 0 Å². The smallest absolute Gasteiger partial charge is 0.305 e. The van der Waals surface area contributed by atoms with Crippen LogP contribution in [-0.2, 0) is 9.53 Å². The molecule has 14 heavy (non-hydrogen) atoms. The maximum absolute atomic E-state index is 11.1. The lowest BCUT2D eigenvalue weighted by atomic mass is 10.1. The molecule has 0 rings (SSSR count). The van der Waals surface area contributed by atoms with Crippen LogP contribution in [0.5, 0.6) is 0 Å². The first kappa shape index (κ1) is 13.2. The van der Waals surface area contributed by atoms with Crippen LogP contribution >= 0.6 is 0 Å². The predicted octanol–water partition coefficient (Wildman–Crippen LogP) is 3.32. The molecule has 0 aromatic heterocycles. The Morgan fingerprint density at radius 2 is 2.14 bits per heavy atom. The molecule has 0 aliphatic carbocycles. The number of hydrogen-bond donors (Lipinski definition) is 0. The largest absolute Gasteiger partial charge is 0.466 e. The van der Waals surface area contributed by atoms with Gasteiger partial charge in [0.05, 0.1) is 6.61 Å². The molecule has 0 amide bonds. The molecule has 0 fully saturated rings. The van der Waals surface area contributed by atoms with Crippen LogP contribution in [0.4, 0.5) is 0 Å². The molecule has 0 unspecified atom stereocenters. The van der Waals surface area contributed by atoms with Gasteiger partial charge in [-0.3, -0.25) is 4.79 Å². The summed E-state index contributed by atoms with van der Waals surface area (Å²) in [4.78, 5) is 11.1. The highest BCUT2D eigenvalue weighted by Gasteiger charge is 2.02. The summed E-state index contributed by atoms with van der Waals surface area (Å²) in [5, 5.41) is 0. The lowest BCUT2D eigenvalue weighted by Crippen LogP contribution is -2.07. The maximum Gasteiger partial charge on any atom is 0.305 e. The highest BCUT2D eigenvalue weighted by Crippen LogP contribution is 2.02. The van der Waals surface area contributed by atoms with Crippen molar-refractivity contribution in [2.24, 2.45) is 5.92 Å². The Hall–Kier alpha value is -0.790. The van der Waals surface area contributed by atoms with Crippen molar-refractivity contribution in [2.45, 2.75) is 46.5 Å². The summed E-state index contributed by atoms with van der Waals surface area (Å²) in [5.74, 6) is 0.543. The molecule has 82 valence electrons. The van der Waals surface area contributed by atoms with Crippen molar-refractivity contribution in [3.8, 4) is 0 Å². The van der Waals surface area contributed by atoms with Gasteiger partial charge in [0.15, 0.2) is 0 Å². The van der Waals surface area contributed by atoms with Crippen molar-refractivity contribution >= 4 is 5.97 Å². The monoisotopic (exact) mass is 198 g/mol. The molecule has 0 atom stereocenters. The van der Waals surface area contributed by atoms with Crippen LogP contribution in [0.15, 0.2) is 12.2 Å². The van der Waals surface area contributed by atoms with E-state index < -0.39 is 0 Å². The quantitative estimate of drug-likeness (QED) is 0.356. The lowest BCUT2D eigenvalue weighted by molar-refractivity contribution is -0.144. The number of unbranched alkanes of at least 4 members (excludes halogenated alkanes) is 1. The van der Waals surface area contributed by atoms with Gasteiger partial charge >= 0.3 is 5.97 Å². The molecule has 0 N–H and O–H groups in total. The zero-order chi connectivity index (χ0) is 10.8. The molecular weight excluding hydrogens is 176 g/mol. The molecule has 0 radical (unpaired) electrons. The van der Waals surface area contributed by atoms with Gasteiger partial charge < -0.3 is 4.74 Å². The van der Waals surface area contributed by atoms with Gasteiger partial charge in [0.2, 0.25) is 0 Å². The number of rotatable bonds is 7. The molecule has 0 aromatic carbocycles. The summed E-state index contributed by atoms with van der Waals surface area (Å²) in [5.41, 5.74) is 0. The summed E-state index contributed by atoms with van der Waals surface area (Å²) in [6, 6.07) is 0. The van der Waals surface area contributed by atoms with Crippen LogP contribution in [0.2, 0.25) is 0 Å². The summed E-state index contributed by atoms with van der Waals surface area (Å²) in [6.45, 7) is 6.81. The highest BCUT2D eigenvalue weighted by atomic mass is 16.5. The second kappa shape index (κ2) is 8.79. The van der Waals surface area contributed by atoms with Crippen molar-refractivity contribution in [3.63, 3.8) is 0 Å². The Bertz CT molecular complexity index is 171. The van der Waals surface area contributed by atoms with Crippen molar-refractivity contribution in [1.29, 1.82) is 0 Å². The predicted molar refractivity (Wildman–Crippen MR) is 59.1 cm³/mol. The van der Waals surface area contributed by atoms with E-state index in [0.29, 0.717) is 18.9 Å². The molecule has 0 bridgehead atoms. The Kier molecular flexibility index (Phi) is 8.30. The van der Waals surface area contributed by atoms with Gasteiger partial charge in [0.25, 0.3) is 0 Å². The van der Waals surface area contributed by atoms with E-state index in [-0.39, 0.29) is 5.97 Å². The first-order valence-electron chi connectivity index (χ1n) is 5.43. The van der Waals surface area contributed by atoms with E-state index in [0.717, 1.165) is 19.3 Å². The number of allylic oxidation sites excluding steroid dienone is 2. The van der Waals surface area contributed by atoms with Gasteiger partial charge in [-0.15, -0.1) is 0 Å². The first-order valence-corrected chi connectivity index (χ1v) is 5.43. The molecule has 0 saturated heterocycles. The molecule has 0 heterocycles. The minimum atomic E-state index is -0.0600. The fourth-order valence-electron chi connectivity index (χ4n) is 1.01. The first-order chi connectivity index (χ1) is 6.66. The van der Waals surface area contributed by atoms with E-state index in [2.05, 4.69) is 19.9 Å². The van der Waals surface area contributed by atoms with Crippen LogP contribution < -0.4 is 0 Å². The molecule has 2 heteroatoms. The van der Waals surface area contributed by atoms with Gasteiger partial charge in [-0.25, -0.2) is 0 Å². The molecule has 0 saturated carbocycles. The fraction of sp³-hybridized carbons (Fsp3) is 0.750. The second-order valence-electron chi connectivity index (χ2n) is 3.86. The Balaban J connectivity index is 3.28. The number of carbonyl (C=O) groups excluding carboxylic acids is 1. The van der Waals surface area contributed by atoms with Gasteiger partial charge in [-0.05, 0) is 32.1 Å². The molecule has 0 aromatic rings. The third kappa shape index (κ3) is 9.30. The number of carbonyl (C=O) groups is 1. The summed E-state index contributed by atoms with van der Waals surface area (Å²) in [7, 11) is 0. The topological polar surface area (TPSA) is 26.3 Å².